The number of halogens is 1. The summed E-state index contributed by atoms with van der Waals surface area (Å²) in [6.07, 6.45) is 0. The summed E-state index contributed by atoms with van der Waals surface area (Å²) in [5, 5.41) is 2.85. The SMILES string of the molecule is Cc1ccc(C(=O)Nc2cccc(I)c2)cc1N. The van der Waals surface area contributed by atoms with E-state index in [-0.39, 0.29) is 5.91 Å². The van der Waals surface area contributed by atoms with E-state index >= 15 is 0 Å². The van der Waals surface area contributed by atoms with E-state index in [1.165, 1.54) is 0 Å². The molecular weight excluding hydrogens is 339 g/mol. The van der Waals surface area contributed by atoms with Crippen molar-refractivity contribution in [3.63, 3.8) is 0 Å². The smallest absolute Gasteiger partial charge is 0.255 e. The maximum absolute atomic E-state index is 12.0. The molecule has 0 bridgehead atoms. The van der Waals surface area contributed by atoms with Gasteiger partial charge < -0.3 is 11.1 Å². The Hall–Kier alpha value is -1.56. The van der Waals surface area contributed by atoms with Crippen LogP contribution in [-0.2, 0) is 0 Å². The zero-order valence-electron chi connectivity index (χ0n) is 9.91. The molecule has 3 nitrogen and oxygen atoms in total. The zero-order valence-corrected chi connectivity index (χ0v) is 12.1. The van der Waals surface area contributed by atoms with Crippen molar-refractivity contribution in [2.45, 2.75) is 6.92 Å². The first-order valence-electron chi connectivity index (χ1n) is 5.49. The summed E-state index contributed by atoms with van der Waals surface area (Å²) in [6.45, 7) is 1.91. The molecule has 1 amide bonds. The summed E-state index contributed by atoms with van der Waals surface area (Å²) in [7, 11) is 0. The number of carbonyl (C=O) groups excluding carboxylic acids is 1. The Morgan fingerprint density at radius 3 is 2.67 bits per heavy atom. The Morgan fingerprint density at radius 1 is 1.22 bits per heavy atom. The monoisotopic (exact) mass is 352 g/mol. The van der Waals surface area contributed by atoms with Crippen molar-refractivity contribution in [3.8, 4) is 0 Å². The maximum atomic E-state index is 12.0. The molecule has 18 heavy (non-hydrogen) atoms. The number of amides is 1. The van der Waals surface area contributed by atoms with E-state index in [0.717, 1.165) is 14.8 Å². The average Bonchev–Trinajstić information content (AvgIpc) is 2.32. The number of nitrogen functional groups attached to an aromatic ring is 1. The third-order valence-corrected chi connectivity index (χ3v) is 3.29. The van der Waals surface area contributed by atoms with E-state index in [4.69, 9.17) is 5.73 Å². The van der Waals surface area contributed by atoms with E-state index < -0.39 is 0 Å². The number of carbonyl (C=O) groups is 1. The lowest BCUT2D eigenvalue weighted by Crippen LogP contribution is -2.12. The van der Waals surface area contributed by atoms with Crippen LogP contribution in [0.15, 0.2) is 42.5 Å². The Balaban J connectivity index is 2.19. The van der Waals surface area contributed by atoms with Crippen molar-refractivity contribution in [3.05, 3.63) is 57.2 Å². The van der Waals surface area contributed by atoms with Crippen LogP contribution in [0.1, 0.15) is 15.9 Å². The Labute approximate surface area is 120 Å². The van der Waals surface area contributed by atoms with E-state index in [1.54, 1.807) is 12.1 Å². The van der Waals surface area contributed by atoms with E-state index in [2.05, 4.69) is 27.9 Å². The number of nitrogens with one attached hydrogen (secondary N) is 1. The molecule has 3 N–H and O–H groups in total. The van der Waals surface area contributed by atoms with Crippen LogP contribution in [0.2, 0.25) is 0 Å². The summed E-state index contributed by atoms with van der Waals surface area (Å²) in [5.74, 6) is -0.149. The third-order valence-electron chi connectivity index (χ3n) is 2.62. The first kappa shape index (κ1) is 12.9. The lowest BCUT2D eigenvalue weighted by atomic mass is 10.1. The second-order valence-corrected chi connectivity index (χ2v) is 5.28. The van der Waals surface area contributed by atoms with Gasteiger partial charge in [0.05, 0.1) is 0 Å². The van der Waals surface area contributed by atoms with E-state index in [0.29, 0.717) is 11.3 Å². The molecule has 2 rings (SSSR count). The van der Waals surface area contributed by atoms with Gasteiger partial charge in [-0.2, -0.15) is 0 Å². The van der Waals surface area contributed by atoms with Crippen molar-refractivity contribution in [2.75, 3.05) is 11.1 Å². The molecule has 0 saturated carbocycles. The molecular formula is C14H13IN2O. The van der Waals surface area contributed by atoms with Crippen molar-refractivity contribution < 1.29 is 4.79 Å². The molecule has 4 heteroatoms. The largest absolute Gasteiger partial charge is 0.398 e. The number of benzene rings is 2. The normalized spacial score (nSPS) is 10.1. The second kappa shape index (κ2) is 5.39. The molecule has 0 fully saturated rings. The highest BCUT2D eigenvalue weighted by molar-refractivity contribution is 14.1. The van der Waals surface area contributed by atoms with Crippen molar-refractivity contribution in [1.82, 2.24) is 0 Å². The minimum absolute atomic E-state index is 0.149. The van der Waals surface area contributed by atoms with Gasteiger partial charge in [-0.3, -0.25) is 4.79 Å². The molecule has 92 valence electrons. The van der Waals surface area contributed by atoms with Gasteiger partial charge in [-0.25, -0.2) is 0 Å². The Morgan fingerprint density at radius 2 is 2.00 bits per heavy atom. The topological polar surface area (TPSA) is 55.1 Å². The molecule has 2 aromatic rings. The van der Waals surface area contributed by atoms with Crippen LogP contribution in [0.4, 0.5) is 11.4 Å². The number of nitrogens with two attached hydrogens (primary N) is 1. The van der Waals surface area contributed by atoms with Gasteiger partial charge in [-0.05, 0) is 65.4 Å². The quantitative estimate of drug-likeness (QED) is 0.643. The van der Waals surface area contributed by atoms with Gasteiger partial charge in [-0.15, -0.1) is 0 Å². The van der Waals surface area contributed by atoms with Crippen LogP contribution in [0.25, 0.3) is 0 Å². The fourth-order valence-electron chi connectivity index (χ4n) is 1.55. The van der Waals surface area contributed by atoms with Crippen LogP contribution in [0, 0.1) is 10.5 Å². The van der Waals surface area contributed by atoms with Gasteiger partial charge >= 0.3 is 0 Å². The van der Waals surface area contributed by atoms with Gasteiger partial charge in [0.2, 0.25) is 0 Å². The van der Waals surface area contributed by atoms with Crippen LogP contribution in [-0.4, -0.2) is 5.91 Å². The van der Waals surface area contributed by atoms with Crippen molar-refractivity contribution in [1.29, 1.82) is 0 Å². The van der Waals surface area contributed by atoms with Crippen LogP contribution < -0.4 is 11.1 Å². The summed E-state index contributed by atoms with van der Waals surface area (Å²) in [6, 6.07) is 13.0. The Bertz CT molecular complexity index is 596. The number of hydrogen-bond donors (Lipinski definition) is 2. The second-order valence-electron chi connectivity index (χ2n) is 4.04. The zero-order chi connectivity index (χ0) is 13.1. The summed E-state index contributed by atoms with van der Waals surface area (Å²) in [4.78, 5) is 12.0. The molecule has 0 aliphatic heterocycles. The van der Waals surface area contributed by atoms with Gasteiger partial charge in [0.15, 0.2) is 0 Å². The van der Waals surface area contributed by atoms with Crippen LogP contribution in [0.3, 0.4) is 0 Å². The first-order chi connectivity index (χ1) is 8.56. The van der Waals surface area contributed by atoms with Crippen molar-refractivity contribution in [2.24, 2.45) is 0 Å². The van der Waals surface area contributed by atoms with E-state index in [9.17, 15) is 4.79 Å². The molecule has 0 unspecified atom stereocenters. The number of aryl methyl sites for hydroxylation is 1. The number of anilines is 2. The molecule has 0 spiro atoms. The highest BCUT2D eigenvalue weighted by Gasteiger charge is 2.07. The minimum Gasteiger partial charge on any atom is -0.398 e. The molecule has 0 radical (unpaired) electrons. The fraction of sp³-hybridized carbons (Fsp3) is 0.0714. The minimum atomic E-state index is -0.149. The predicted molar refractivity (Wildman–Crippen MR) is 82.7 cm³/mol. The molecule has 2 aromatic carbocycles. The molecule has 0 aliphatic rings. The third kappa shape index (κ3) is 3.01. The van der Waals surface area contributed by atoms with Gasteiger partial charge in [0.1, 0.15) is 0 Å². The predicted octanol–water partition coefficient (Wildman–Crippen LogP) is 3.43. The Kier molecular flexibility index (Phi) is 3.86. The standard InChI is InChI=1S/C14H13IN2O/c1-9-5-6-10(7-13(9)16)14(18)17-12-4-2-3-11(15)8-12/h2-8H,16H2,1H3,(H,17,18). The highest BCUT2D eigenvalue weighted by atomic mass is 127. The van der Waals surface area contributed by atoms with E-state index in [1.807, 2.05) is 37.3 Å². The lowest BCUT2D eigenvalue weighted by molar-refractivity contribution is 0.102. The molecule has 0 aromatic heterocycles. The number of hydrogen-bond acceptors (Lipinski definition) is 2. The number of rotatable bonds is 2. The first-order valence-corrected chi connectivity index (χ1v) is 6.57. The molecule has 0 aliphatic carbocycles. The fourth-order valence-corrected chi connectivity index (χ4v) is 2.09. The summed E-state index contributed by atoms with van der Waals surface area (Å²) >= 11 is 2.21. The summed E-state index contributed by atoms with van der Waals surface area (Å²) < 4.78 is 1.08. The maximum Gasteiger partial charge on any atom is 0.255 e. The highest BCUT2D eigenvalue weighted by Crippen LogP contribution is 2.16. The molecule has 0 atom stereocenters. The summed E-state index contributed by atoms with van der Waals surface area (Å²) in [5.41, 5.74) is 8.75. The molecule has 0 saturated heterocycles. The van der Waals surface area contributed by atoms with Crippen molar-refractivity contribution >= 4 is 39.9 Å². The average molecular weight is 352 g/mol. The van der Waals surface area contributed by atoms with Crippen LogP contribution >= 0.6 is 22.6 Å². The van der Waals surface area contributed by atoms with Gasteiger partial charge in [0, 0.05) is 20.5 Å². The lowest BCUT2D eigenvalue weighted by Gasteiger charge is -2.07. The molecule has 0 heterocycles. The van der Waals surface area contributed by atoms with Gasteiger partial charge in [0.25, 0.3) is 5.91 Å². The van der Waals surface area contributed by atoms with Gasteiger partial charge in [-0.1, -0.05) is 12.1 Å². The van der Waals surface area contributed by atoms with Crippen LogP contribution in [0.5, 0.6) is 0 Å².